The predicted octanol–water partition coefficient (Wildman–Crippen LogP) is 1.32. The van der Waals surface area contributed by atoms with Crippen molar-refractivity contribution in [3.8, 4) is 12.3 Å². The Labute approximate surface area is 68.4 Å². The zero-order valence-corrected chi connectivity index (χ0v) is 7.02. The maximum Gasteiger partial charge on any atom is 0.220 e. The van der Waals surface area contributed by atoms with Gasteiger partial charge in [-0.3, -0.25) is 4.79 Å². The molecule has 2 nitrogen and oxygen atoms in total. The van der Waals surface area contributed by atoms with E-state index in [1.54, 1.807) is 0 Å². The molecule has 0 rings (SSSR count). The summed E-state index contributed by atoms with van der Waals surface area (Å²) >= 11 is 0. The van der Waals surface area contributed by atoms with Crippen LogP contribution in [0.3, 0.4) is 0 Å². The molecule has 0 fully saturated rings. The zero-order valence-electron chi connectivity index (χ0n) is 7.02. The number of carbonyl (C=O) groups excluding carboxylic acids is 1. The van der Waals surface area contributed by atoms with Crippen LogP contribution in [-0.4, -0.2) is 12.5 Å². The van der Waals surface area contributed by atoms with Gasteiger partial charge in [0.05, 0.1) is 0 Å². The first kappa shape index (κ1) is 10.0. The topological polar surface area (TPSA) is 29.1 Å². The number of hydrogen-bond donors (Lipinski definition) is 1. The number of amides is 1. The van der Waals surface area contributed by atoms with Crippen molar-refractivity contribution < 1.29 is 4.79 Å². The number of nitrogens with one attached hydrogen (secondary N) is 1. The lowest BCUT2D eigenvalue weighted by Gasteiger charge is -2.00. The molecular weight excluding hydrogens is 138 g/mol. The van der Waals surface area contributed by atoms with Crippen LogP contribution >= 0.6 is 0 Å². The highest BCUT2D eigenvalue weighted by Gasteiger charge is 1.96. The third-order valence-corrected chi connectivity index (χ3v) is 1.35. The summed E-state index contributed by atoms with van der Waals surface area (Å²) in [7, 11) is 0. The van der Waals surface area contributed by atoms with Crippen molar-refractivity contribution >= 4 is 5.91 Å². The minimum atomic E-state index is 0.0661. The van der Waals surface area contributed by atoms with Gasteiger partial charge < -0.3 is 5.32 Å². The van der Waals surface area contributed by atoms with Crippen LogP contribution in [-0.2, 0) is 4.79 Å². The average Bonchev–Trinajstić information content (AvgIpc) is 2.01. The summed E-state index contributed by atoms with van der Waals surface area (Å²) in [6, 6.07) is 0. The van der Waals surface area contributed by atoms with E-state index in [1.807, 2.05) is 0 Å². The van der Waals surface area contributed by atoms with Crippen LogP contribution < -0.4 is 5.32 Å². The Bertz CT molecular complexity index is 146. The van der Waals surface area contributed by atoms with E-state index in [4.69, 9.17) is 6.42 Å². The van der Waals surface area contributed by atoms with Gasteiger partial charge in [-0.15, -0.1) is 12.3 Å². The van der Waals surface area contributed by atoms with E-state index in [2.05, 4.69) is 18.2 Å². The molecule has 0 aliphatic heterocycles. The van der Waals surface area contributed by atoms with Crippen molar-refractivity contribution in [3.63, 3.8) is 0 Å². The monoisotopic (exact) mass is 153 g/mol. The van der Waals surface area contributed by atoms with E-state index in [0.717, 1.165) is 19.4 Å². The Kier molecular flexibility index (Phi) is 6.51. The lowest BCUT2D eigenvalue weighted by molar-refractivity contribution is -0.120. The van der Waals surface area contributed by atoms with Crippen LogP contribution in [0.4, 0.5) is 0 Å². The van der Waals surface area contributed by atoms with Crippen molar-refractivity contribution in [2.75, 3.05) is 6.54 Å². The molecule has 0 heterocycles. The van der Waals surface area contributed by atoms with Gasteiger partial charge in [-0.2, -0.15) is 0 Å². The molecule has 0 aliphatic carbocycles. The quantitative estimate of drug-likeness (QED) is 0.468. The molecule has 0 atom stereocenters. The SMILES string of the molecule is C#CCCC(=O)NCCCC. The minimum absolute atomic E-state index is 0.0661. The first-order valence-corrected chi connectivity index (χ1v) is 4.01. The van der Waals surface area contributed by atoms with Crippen molar-refractivity contribution in [3.05, 3.63) is 0 Å². The second-order valence-electron chi connectivity index (χ2n) is 2.41. The fourth-order valence-electron chi connectivity index (χ4n) is 0.679. The first-order chi connectivity index (χ1) is 5.31. The van der Waals surface area contributed by atoms with E-state index in [1.165, 1.54) is 0 Å². The Morgan fingerprint density at radius 1 is 1.64 bits per heavy atom. The van der Waals surface area contributed by atoms with Gasteiger partial charge in [-0.25, -0.2) is 0 Å². The van der Waals surface area contributed by atoms with E-state index >= 15 is 0 Å². The molecule has 1 amide bonds. The molecule has 1 N–H and O–H groups in total. The number of unbranched alkanes of at least 4 members (excludes halogenated alkanes) is 1. The van der Waals surface area contributed by atoms with Crippen LogP contribution in [0.15, 0.2) is 0 Å². The summed E-state index contributed by atoms with van der Waals surface area (Å²) in [6.45, 7) is 2.87. The minimum Gasteiger partial charge on any atom is -0.356 e. The fraction of sp³-hybridized carbons (Fsp3) is 0.667. The van der Waals surface area contributed by atoms with Gasteiger partial charge in [0.15, 0.2) is 0 Å². The smallest absolute Gasteiger partial charge is 0.220 e. The third-order valence-electron chi connectivity index (χ3n) is 1.35. The highest BCUT2D eigenvalue weighted by atomic mass is 16.1. The van der Waals surface area contributed by atoms with Crippen LogP contribution in [0.2, 0.25) is 0 Å². The van der Waals surface area contributed by atoms with Crippen LogP contribution in [0.25, 0.3) is 0 Å². The summed E-state index contributed by atoms with van der Waals surface area (Å²) < 4.78 is 0. The van der Waals surface area contributed by atoms with E-state index in [9.17, 15) is 4.79 Å². The standard InChI is InChI=1S/C9H15NO/c1-3-5-7-9(11)10-8-6-4-2/h1H,4-8H2,2H3,(H,10,11). The van der Waals surface area contributed by atoms with Crippen molar-refractivity contribution in [1.29, 1.82) is 0 Å². The molecule has 0 unspecified atom stereocenters. The van der Waals surface area contributed by atoms with E-state index in [-0.39, 0.29) is 5.91 Å². The molecule has 0 aromatic rings. The Morgan fingerprint density at radius 2 is 2.36 bits per heavy atom. The molecule has 0 spiro atoms. The number of hydrogen-bond acceptors (Lipinski definition) is 1. The zero-order chi connectivity index (χ0) is 8.53. The molecule has 0 aromatic heterocycles. The second-order valence-corrected chi connectivity index (χ2v) is 2.41. The molecule has 0 saturated carbocycles. The van der Waals surface area contributed by atoms with Gasteiger partial charge in [0, 0.05) is 19.4 Å². The highest BCUT2D eigenvalue weighted by Crippen LogP contribution is 1.87. The average molecular weight is 153 g/mol. The molecule has 0 bridgehead atoms. The van der Waals surface area contributed by atoms with Gasteiger partial charge in [0.2, 0.25) is 5.91 Å². The summed E-state index contributed by atoms with van der Waals surface area (Å²) in [4.78, 5) is 10.9. The third kappa shape index (κ3) is 6.92. The fourth-order valence-corrected chi connectivity index (χ4v) is 0.679. The maximum absolute atomic E-state index is 10.9. The van der Waals surface area contributed by atoms with Crippen molar-refractivity contribution in [2.45, 2.75) is 32.6 Å². The van der Waals surface area contributed by atoms with E-state index < -0.39 is 0 Å². The molecule has 62 valence electrons. The van der Waals surface area contributed by atoms with Gasteiger partial charge in [-0.05, 0) is 6.42 Å². The van der Waals surface area contributed by atoms with Gasteiger partial charge in [0.1, 0.15) is 0 Å². The number of rotatable bonds is 5. The second kappa shape index (κ2) is 7.14. The summed E-state index contributed by atoms with van der Waals surface area (Å²) in [6.07, 6.45) is 8.15. The predicted molar refractivity (Wildman–Crippen MR) is 46.0 cm³/mol. The van der Waals surface area contributed by atoms with E-state index in [0.29, 0.717) is 12.8 Å². The molecule has 0 aliphatic rings. The Balaban J connectivity index is 3.17. The van der Waals surface area contributed by atoms with Crippen LogP contribution in [0.5, 0.6) is 0 Å². The lowest BCUT2D eigenvalue weighted by Crippen LogP contribution is -2.23. The van der Waals surface area contributed by atoms with Crippen molar-refractivity contribution in [2.24, 2.45) is 0 Å². The molecule has 11 heavy (non-hydrogen) atoms. The van der Waals surface area contributed by atoms with Gasteiger partial charge >= 0.3 is 0 Å². The number of carbonyl (C=O) groups is 1. The summed E-state index contributed by atoms with van der Waals surface area (Å²) in [5.74, 6) is 2.49. The van der Waals surface area contributed by atoms with Crippen LogP contribution in [0, 0.1) is 12.3 Å². The Morgan fingerprint density at radius 3 is 2.91 bits per heavy atom. The molecule has 0 aromatic carbocycles. The normalized spacial score (nSPS) is 8.73. The lowest BCUT2D eigenvalue weighted by atomic mass is 10.3. The summed E-state index contributed by atoms with van der Waals surface area (Å²) in [5.41, 5.74) is 0. The molecule has 0 radical (unpaired) electrons. The maximum atomic E-state index is 10.9. The molecule has 0 saturated heterocycles. The van der Waals surface area contributed by atoms with Gasteiger partial charge in [-0.1, -0.05) is 13.3 Å². The van der Waals surface area contributed by atoms with Crippen molar-refractivity contribution in [1.82, 2.24) is 5.32 Å². The molecular formula is C9H15NO. The largest absolute Gasteiger partial charge is 0.356 e. The summed E-state index contributed by atoms with van der Waals surface area (Å²) in [5, 5.41) is 2.78. The molecule has 2 heteroatoms. The van der Waals surface area contributed by atoms with Crippen LogP contribution in [0.1, 0.15) is 32.6 Å². The Hall–Kier alpha value is -0.970. The van der Waals surface area contributed by atoms with Gasteiger partial charge in [0.25, 0.3) is 0 Å². The first-order valence-electron chi connectivity index (χ1n) is 4.01. The number of terminal acetylenes is 1. The highest BCUT2D eigenvalue weighted by molar-refractivity contribution is 5.76.